The van der Waals surface area contributed by atoms with E-state index >= 15 is 0 Å². The molecule has 0 saturated carbocycles. The highest BCUT2D eigenvalue weighted by Gasteiger charge is 2.27. The molecule has 0 atom stereocenters. The van der Waals surface area contributed by atoms with Crippen LogP contribution in [-0.2, 0) is 0 Å². The van der Waals surface area contributed by atoms with E-state index in [0.717, 1.165) is 0 Å². The maximum absolute atomic E-state index is 11.4. The second kappa shape index (κ2) is 2.94. The molecule has 1 aliphatic heterocycles. The third-order valence-corrected chi connectivity index (χ3v) is 2.68. The van der Waals surface area contributed by atoms with Crippen LogP contribution in [0.4, 0.5) is 0 Å². The Hall–Kier alpha value is -2.63. The van der Waals surface area contributed by atoms with E-state index in [1.54, 1.807) is 0 Å². The Kier molecular flexibility index (Phi) is 1.66. The first-order valence-corrected chi connectivity index (χ1v) is 4.82. The second-order valence-electron chi connectivity index (χ2n) is 3.75. The van der Waals surface area contributed by atoms with Gasteiger partial charge in [0.05, 0.1) is 11.1 Å². The lowest BCUT2D eigenvalue weighted by molar-refractivity contribution is 0.0879. The van der Waals surface area contributed by atoms with Crippen molar-refractivity contribution in [2.45, 2.75) is 0 Å². The average molecular weight is 230 g/mol. The minimum absolute atomic E-state index is 0.226. The van der Waals surface area contributed by atoms with E-state index in [9.17, 15) is 19.5 Å². The molecular weight excluding hydrogens is 224 g/mol. The van der Waals surface area contributed by atoms with Crippen LogP contribution >= 0.6 is 0 Å². The molecule has 84 valence electrons. The fourth-order valence-electron chi connectivity index (χ4n) is 1.86. The van der Waals surface area contributed by atoms with Crippen LogP contribution in [0.3, 0.4) is 0 Å². The average Bonchev–Trinajstić information content (AvgIpc) is 2.54. The fraction of sp³-hybridized carbons (Fsp3) is 0. The van der Waals surface area contributed by atoms with E-state index in [4.69, 9.17) is 0 Å². The largest absolute Gasteiger partial charge is 0.503 e. The van der Waals surface area contributed by atoms with Gasteiger partial charge >= 0.3 is 0 Å². The molecule has 1 aromatic heterocycles. The molecule has 6 heteroatoms. The lowest BCUT2D eigenvalue weighted by Crippen LogP contribution is -2.19. The summed E-state index contributed by atoms with van der Waals surface area (Å²) in [6, 6.07) is 4.14. The molecule has 3 N–H and O–H groups in total. The summed E-state index contributed by atoms with van der Waals surface area (Å²) in [5, 5.41) is 11.9. The van der Waals surface area contributed by atoms with Crippen molar-refractivity contribution in [3.05, 3.63) is 39.7 Å². The second-order valence-corrected chi connectivity index (χ2v) is 3.75. The molecule has 2 aromatic rings. The first kappa shape index (κ1) is 9.59. The summed E-state index contributed by atoms with van der Waals surface area (Å²) in [6.07, 6.45) is 0. The summed E-state index contributed by atoms with van der Waals surface area (Å²) in [5.41, 5.74) is 0.233. The van der Waals surface area contributed by atoms with E-state index in [2.05, 4.69) is 10.3 Å². The van der Waals surface area contributed by atoms with Gasteiger partial charge < -0.3 is 10.1 Å². The smallest absolute Gasteiger partial charge is 0.290 e. The number of benzene rings is 1. The van der Waals surface area contributed by atoms with Gasteiger partial charge in [0.2, 0.25) is 0 Å². The van der Waals surface area contributed by atoms with Crippen LogP contribution in [0.15, 0.2) is 23.0 Å². The number of rotatable bonds is 0. The third-order valence-electron chi connectivity index (χ3n) is 2.68. The van der Waals surface area contributed by atoms with Crippen molar-refractivity contribution in [2.75, 3.05) is 0 Å². The molecule has 17 heavy (non-hydrogen) atoms. The van der Waals surface area contributed by atoms with Crippen LogP contribution in [0.5, 0.6) is 5.75 Å². The Morgan fingerprint density at radius 3 is 2.29 bits per heavy atom. The van der Waals surface area contributed by atoms with Crippen molar-refractivity contribution in [1.29, 1.82) is 0 Å². The van der Waals surface area contributed by atoms with E-state index in [1.807, 2.05) is 0 Å². The summed E-state index contributed by atoms with van der Waals surface area (Å²) < 4.78 is 0. The number of hydrogen-bond acceptors (Lipinski definition) is 4. The van der Waals surface area contributed by atoms with Crippen molar-refractivity contribution in [3.8, 4) is 5.75 Å². The first-order chi connectivity index (χ1) is 8.06. The van der Waals surface area contributed by atoms with Gasteiger partial charge in [0.15, 0.2) is 5.75 Å². The summed E-state index contributed by atoms with van der Waals surface area (Å²) >= 11 is 0. The predicted octanol–water partition coefficient (Wildman–Crippen LogP) is 0.117. The summed E-state index contributed by atoms with van der Waals surface area (Å²) in [7, 11) is 0. The molecule has 2 heterocycles. The Morgan fingerprint density at radius 2 is 1.59 bits per heavy atom. The van der Waals surface area contributed by atoms with Crippen molar-refractivity contribution >= 4 is 22.7 Å². The van der Waals surface area contributed by atoms with E-state index in [-0.39, 0.29) is 11.1 Å². The summed E-state index contributed by atoms with van der Waals surface area (Å²) in [4.78, 5) is 36.4. The van der Waals surface area contributed by atoms with E-state index in [0.29, 0.717) is 10.9 Å². The number of imide groups is 1. The Labute approximate surface area is 93.9 Å². The number of nitrogens with one attached hydrogen (secondary N) is 2. The topological polar surface area (TPSA) is 99.3 Å². The van der Waals surface area contributed by atoms with Gasteiger partial charge in [-0.2, -0.15) is 0 Å². The minimum Gasteiger partial charge on any atom is -0.503 e. The summed E-state index contributed by atoms with van der Waals surface area (Å²) in [6.45, 7) is 0. The van der Waals surface area contributed by atoms with Crippen molar-refractivity contribution in [2.24, 2.45) is 0 Å². The number of aromatic amines is 1. The van der Waals surface area contributed by atoms with Gasteiger partial charge in [-0.3, -0.25) is 19.7 Å². The van der Waals surface area contributed by atoms with Gasteiger partial charge in [0.25, 0.3) is 17.4 Å². The molecule has 3 rings (SSSR count). The molecular formula is C11H6N2O4. The van der Waals surface area contributed by atoms with Crippen LogP contribution in [0.2, 0.25) is 0 Å². The lowest BCUT2D eigenvalue weighted by atomic mass is 10.1. The molecule has 0 unspecified atom stereocenters. The molecule has 0 radical (unpaired) electrons. The zero-order valence-corrected chi connectivity index (χ0v) is 8.40. The number of carbonyl (C=O) groups is 2. The highest BCUT2D eigenvalue weighted by molar-refractivity contribution is 6.23. The summed E-state index contributed by atoms with van der Waals surface area (Å²) in [5.74, 6) is -1.39. The Balaban J connectivity index is 2.43. The van der Waals surface area contributed by atoms with Crippen LogP contribution in [-0.4, -0.2) is 21.9 Å². The maximum atomic E-state index is 11.4. The zero-order chi connectivity index (χ0) is 12.2. The number of H-pyrrole nitrogens is 1. The normalized spacial score (nSPS) is 13.9. The number of aromatic nitrogens is 1. The highest BCUT2D eigenvalue weighted by atomic mass is 16.3. The molecule has 0 aliphatic carbocycles. The molecule has 0 saturated heterocycles. The highest BCUT2D eigenvalue weighted by Crippen LogP contribution is 2.23. The number of aromatic hydroxyl groups is 1. The van der Waals surface area contributed by atoms with Gasteiger partial charge in [-0.05, 0) is 18.2 Å². The Morgan fingerprint density at radius 1 is 0.941 bits per heavy atom. The Bertz CT molecular complexity index is 745. The third kappa shape index (κ3) is 1.24. The van der Waals surface area contributed by atoms with Gasteiger partial charge in [0.1, 0.15) is 0 Å². The fourth-order valence-corrected chi connectivity index (χ4v) is 1.86. The number of amides is 2. The SMILES string of the molecule is O=C1NC(=O)c2cc3[nH]c(=O)c(O)cc3cc21. The monoisotopic (exact) mass is 230 g/mol. The van der Waals surface area contributed by atoms with Crippen LogP contribution in [0.1, 0.15) is 20.7 Å². The van der Waals surface area contributed by atoms with Gasteiger partial charge in [-0.25, -0.2) is 0 Å². The van der Waals surface area contributed by atoms with E-state index < -0.39 is 23.1 Å². The molecule has 0 fully saturated rings. The number of hydrogen-bond donors (Lipinski definition) is 3. The maximum Gasteiger partial charge on any atom is 0.290 e. The minimum atomic E-state index is -0.637. The molecule has 2 amide bonds. The number of fused-ring (bicyclic) bond motifs is 2. The molecule has 1 aromatic carbocycles. The van der Waals surface area contributed by atoms with Crippen LogP contribution in [0.25, 0.3) is 10.9 Å². The molecule has 0 spiro atoms. The van der Waals surface area contributed by atoms with Crippen molar-refractivity contribution in [1.82, 2.24) is 10.3 Å². The predicted molar refractivity (Wildman–Crippen MR) is 58.0 cm³/mol. The van der Waals surface area contributed by atoms with Gasteiger partial charge in [-0.15, -0.1) is 0 Å². The molecule has 6 nitrogen and oxygen atoms in total. The standard InChI is InChI=1S/C11H6N2O4/c14-8-2-4-1-5-6(10(16)13-9(5)15)3-7(4)12-11(8)17/h1-3,14H,(H,12,17)(H,13,15,16). The number of carbonyl (C=O) groups excluding carboxylic acids is 2. The zero-order valence-electron chi connectivity index (χ0n) is 8.40. The van der Waals surface area contributed by atoms with Crippen molar-refractivity contribution in [3.63, 3.8) is 0 Å². The van der Waals surface area contributed by atoms with Crippen LogP contribution < -0.4 is 10.9 Å². The van der Waals surface area contributed by atoms with Crippen molar-refractivity contribution < 1.29 is 14.7 Å². The van der Waals surface area contributed by atoms with Gasteiger partial charge in [-0.1, -0.05) is 0 Å². The number of pyridine rings is 1. The molecule has 1 aliphatic rings. The molecule has 0 bridgehead atoms. The van der Waals surface area contributed by atoms with Crippen LogP contribution in [0, 0.1) is 0 Å². The quantitative estimate of drug-likeness (QED) is 0.559. The van der Waals surface area contributed by atoms with E-state index in [1.165, 1.54) is 18.2 Å². The lowest BCUT2D eigenvalue weighted by Gasteiger charge is -2.01. The first-order valence-electron chi connectivity index (χ1n) is 4.82. The van der Waals surface area contributed by atoms with Gasteiger partial charge in [0, 0.05) is 10.9 Å².